The Labute approximate surface area is 117 Å². The van der Waals surface area contributed by atoms with E-state index in [1.54, 1.807) is 29.8 Å². The fraction of sp³-hybridized carbons (Fsp3) is 0.357. The summed E-state index contributed by atoms with van der Waals surface area (Å²) < 4.78 is 7.00. The highest BCUT2D eigenvalue weighted by molar-refractivity contribution is 5.92. The molecular formula is C14H18N4O2. The van der Waals surface area contributed by atoms with E-state index in [-0.39, 0.29) is 12.6 Å². The third-order valence-corrected chi connectivity index (χ3v) is 3.06. The van der Waals surface area contributed by atoms with E-state index < -0.39 is 5.97 Å². The average molecular weight is 274 g/mol. The topological polar surface area (TPSA) is 83.0 Å². The molecule has 1 heterocycles. The van der Waals surface area contributed by atoms with Gasteiger partial charge < -0.3 is 10.5 Å². The zero-order valence-corrected chi connectivity index (χ0v) is 11.8. The molecule has 0 saturated heterocycles. The van der Waals surface area contributed by atoms with Crippen molar-refractivity contribution in [2.24, 2.45) is 0 Å². The van der Waals surface area contributed by atoms with Crippen LogP contribution in [0.2, 0.25) is 0 Å². The number of benzene rings is 1. The zero-order valence-electron chi connectivity index (χ0n) is 11.8. The number of esters is 1. The maximum absolute atomic E-state index is 12.1. The van der Waals surface area contributed by atoms with Crippen molar-refractivity contribution in [3.05, 3.63) is 41.5 Å². The Balaban J connectivity index is 2.09. The third kappa shape index (κ3) is 2.79. The van der Waals surface area contributed by atoms with Crippen molar-refractivity contribution in [3.8, 4) is 0 Å². The summed E-state index contributed by atoms with van der Waals surface area (Å²) >= 11 is 0. The summed E-state index contributed by atoms with van der Waals surface area (Å²) in [5, 5.41) is 4.09. The van der Waals surface area contributed by atoms with Gasteiger partial charge in [-0.3, -0.25) is 0 Å². The number of hydrogen-bond acceptors (Lipinski definition) is 5. The van der Waals surface area contributed by atoms with Crippen LogP contribution in [-0.2, 0) is 11.3 Å². The van der Waals surface area contributed by atoms with Crippen molar-refractivity contribution in [1.82, 2.24) is 14.8 Å². The molecule has 0 unspecified atom stereocenters. The van der Waals surface area contributed by atoms with E-state index in [4.69, 9.17) is 10.5 Å². The number of rotatable bonds is 4. The molecule has 2 aromatic rings. The SMILES string of the molecule is Cc1c(N)cccc1C(=O)OCc1ncnn1C(C)C. The maximum atomic E-state index is 12.1. The van der Waals surface area contributed by atoms with Gasteiger partial charge in [0.25, 0.3) is 0 Å². The zero-order chi connectivity index (χ0) is 14.7. The molecule has 1 aromatic heterocycles. The van der Waals surface area contributed by atoms with Crippen LogP contribution in [0.1, 0.15) is 41.6 Å². The van der Waals surface area contributed by atoms with Crippen molar-refractivity contribution in [3.63, 3.8) is 0 Å². The predicted molar refractivity (Wildman–Crippen MR) is 75.1 cm³/mol. The van der Waals surface area contributed by atoms with Crippen LogP contribution < -0.4 is 5.73 Å². The molecule has 2 N–H and O–H groups in total. The lowest BCUT2D eigenvalue weighted by molar-refractivity contribution is 0.0454. The highest BCUT2D eigenvalue weighted by Crippen LogP contribution is 2.17. The van der Waals surface area contributed by atoms with Gasteiger partial charge in [0.2, 0.25) is 0 Å². The maximum Gasteiger partial charge on any atom is 0.338 e. The number of anilines is 1. The van der Waals surface area contributed by atoms with E-state index in [1.165, 1.54) is 6.33 Å². The van der Waals surface area contributed by atoms with Gasteiger partial charge in [0.05, 0.1) is 5.56 Å². The lowest BCUT2D eigenvalue weighted by atomic mass is 10.1. The highest BCUT2D eigenvalue weighted by atomic mass is 16.5. The normalized spacial score (nSPS) is 10.8. The van der Waals surface area contributed by atoms with Gasteiger partial charge in [-0.05, 0) is 38.5 Å². The first-order chi connectivity index (χ1) is 9.50. The van der Waals surface area contributed by atoms with Gasteiger partial charge in [-0.15, -0.1) is 0 Å². The van der Waals surface area contributed by atoms with E-state index in [0.717, 1.165) is 5.56 Å². The number of carbonyl (C=O) groups excluding carboxylic acids is 1. The van der Waals surface area contributed by atoms with Crippen LogP contribution >= 0.6 is 0 Å². The van der Waals surface area contributed by atoms with E-state index in [2.05, 4.69) is 10.1 Å². The first-order valence-corrected chi connectivity index (χ1v) is 6.41. The largest absolute Gasteiger partial charge is 0.454 e. The number of aromatic nitrogens is 3. The fourth-order valence-corrected chi connectivity index (χ4v) is 1.89. The van der Waals surface area contributed by atoms with E-state index in [9.17, 15) is 4.79 Å². The van der Waals surface area contributed by atoms with Gasteiger partial charge >= 0.3 is 5.97 Å². The van der Waals surface area contributed by atoms with Crippen LogP contribution in [0.15, 0.2) is 24.5 Å². The first kappa shape index (κ1) is 14.0. The molecule has 106 valence electrons. The molecule has 0 fully saturated rings. The summed E-state index contributed by atoms with van der Waals surface area (Å²) in [4.78, 5) is 16.2. The summed E-state index contributed by atoms with van der Waals surface area (Å²) in [5.41, 5.74) is 7.55. The third-order valence-electron chi connectivity index (χ3n) is 3.06. The number of nitrogens with zero attached hydrogens (tertiary/aromatic N) is 3. The van der Waals surface area contributed by atoms with Crippen LogP contribution in [0, 0.1) is 6.92 Å². The molecule has 2 rings (SSSR count). The smallest absolute Gasteiger partial charge is 0.338 e. The molecule has 0 aliphatic rings. The van der Waals surface area contributed by atoms with Gasteiger partial charge in [-0.2, -0.15) is 5.10 Å². The average Bonchev–Trinajstić information content (AvgIpc) is 2.87. The van der Waals surface area contributed by atoms with Gasteiger partial charge in [-0.1, -0.05) is 6.07 Å². The Kier molecular flexibility index (Phi) is 4.02. The summed E-state index contributed by atoms with van der Waals surface area (Å²) in [6.07, 6.45) is 1.45. The molecule has 6 heteroatoms. The minimum Gasteiger partial charge on any atom is -0.454 e. The number of hydrogen-bond donors (Lipinski definition) is 1. The molecule has 6 nitrogen and oxygen atoms in total. The van der Waals surface area contributed by atoms with Crippen LogP contribution in [0.3, 0.4) is 0 Å². The minimum absolute atomic E-state index is 0.0885. The van der Waals surface area contributed by atoms with E-state index >= 15 is 0 Å². The molecule has 1 aromatic carbocycles. The van der Waals surface area contributed by atoms with Crippen molar-refractivity contribution in [1.29, 1.82) is 0 Å². The van der Waals surface area contributed by atoms with Gasteiger partial charge in [0.15, 0.2) is 12.4 Å². The lowest BCUT2D eigenvalue weighted by Crippen LogP contribution is -2.13. The first-order valence-electron chi connectivity index (χ1n) is 6.41. The number of ether oxygens (including phenoxy) is 1. The molecule has 0 saturated carbocycles. The summed E-state index contributed by atoms with van der Waals surface area (Å²) in [6.45, 7) is 5.86. The molecule has 0 atom stereocenters. The molecule has 0 aliphatic heterocycles. The monoisotopic (exact) mass is 274 g/mol. The Bertz CT molecular complexity index is 619. The predicted octanol–water partition coefficient (Wildman–Crippen LogP) is 2.11. The highest BCUT2D eigenvalue weighted by Gasteiger charge is 2.14. The number of carbonyl (C=O) groups is 1. The standard InChI is InChI=1S/C14H18N4O2/c1-9(2)18-13(16-8-17-18)7-20-14(19)11-5-4-6-12(15)10(11)3/h4-6,8-9H,7,15H2,1-3H3. The Hall–Kier alpha value is -2.37. The van der Waals surface area contributed by atoms with Crippen molar-refractivity contribution in [2.75, 3.05) is 5.73 Å². The van der Waals surface area contributed by atoms with E-state index in [1.807, 2.05) is 13.8 Å². The van der Waals surface area contributed by atoms with Crippen molar-refractivity contribution in [2.45, 2.75) is 33.4 Å². The molecule has 0 spiro atoms. The lowest BCUT2D eigenvalue weighted by Gasteiger charge is -2.11. The minimum atomic E-state index is -0.409. The van der Waals surface area contributed by atoms with Crippen LogP contribution in [0.4, 0.5) is 5.69 Å². The van der Waals surface area contributed by atoms with Gasteiger partial charge in [0, 0.05) is 11.7 Å². The Morgan fingerprint density at radius 3 is 2.90 bits per heavy atom. The van der Waals surface area contributed by atoms with E-state index in [0.29, 0.717) is 17.1 Å². The van der Waals surface area contributed by atoms with Crippen LogP contribution in [0.5, 0.6) is 0 Å². The quantitative estimate of drug-likeness (QED) is 0.682. The molecule has 0 bridgehead atoms. The Morgan fingerprint density at radius 2 is 2.20 bits per heavy atom. The second-order valence-electron chi connectivity index (χ2n) is 4.81. The second kappa shape index (κ2) is 5.73. The number of nitrogens with two attached hydrogens (primary N) is 1. The van der Waals surface area contributed by atoms with Gasteiger partial charge in [0.1, 0.15) is 6.33 Å². The van der Waals surface area contributed by atoms with Crippen molar-refractivity contribution >= 4 is 11.7 Å². The molecule has 0 aliphatic carbocycles. The van der Waals surface area contributed by atoms with Crippen LogP contribution in [-0.4, -0.2) is 20.7 Å². The summed E-state index contributed by atoms with van der Waals surface area (Å²) in [7, 11) is 0. The summed E-state index contributed by atoms with van der Waals surface area (Å²) in [5.74, 6) is 0.211. The molecule has 0 radical (unpaired) electrons. The summed E-state index contributed by atoms with van der Waals surface area (Å²) in [6, 6.07) is 5.35. The number of nitrogen functional groups attached to an aromatic ring is 1. The Morgan fingerprint density at radius 1 is 1.45 bits per heavy atom. The second-order valence-corrected chi connectivity index (χ2v) is 4.81. The molecule has 0 amide bonds. The molecule has 20 heavy (non-hydrogen) atoms. The fourth-order valence-electron chi connectivity index (χ4n) is 1.89. The molecular weight excluding hydrogens is 256 g/mol. The van der Waals surface area contributed by atoms with Crippen LogP contribution in [0.25, 0.3) is 0 Å². The van der Waals surface area contributed by atoms with Gasteiger partial charge in [-0.25, -0.2) is 14.5 Å². The van der Waals surface area contributed by atoms with Crippen molar-refractivity contribution < 1.29 is 9.53 Å².